The van der Waals surface area contributed by atoms with Crippen LogP contribution < -0.4 is 10.6 Å². The first kappa shape index (κ1) is 24.2. The molecule has 0 saturated carbocycles. The molecular weight excluding hydrogens is 458 g/mol. The highest BCUT2D eigenvalue weighted by molar-refractivity contribution is 7.99. The van der Waals surface area contributed by atoms with Crippen molar-refractivity contribution in [2.75, 3.05) is 17.6 Å². The zero-order valence-corrected chi connectivity index (χ0v) is 20.3. The van der Waals surface area contributed by atoms with Crippen molar-refractivity contribution in [1.82, 2.24) is 20.1 Å². The average molecular weight is 486 g/mol. The first-order chi connectivity index (χ1) is 17.1. The molecule has 4 rings (SSSR count). The van der Waals surface area contributed by atoms with E-state index in [9.17, 15) is 9.59 Å². The fraction of sp³-hybridized carbons (Fsp3) is 0.185. The molecule has 35 heavy (non-hydrogen) atoms. The van der Waals surface area contributed by atoms with Crippen LogP contribution >= 0.6 is 11.8 Å². The number of benzene rings is 3. The monoisotopic (exact) mass is 485 g/mol. The van der Waals surface area contributed by atoms with Crippen molar-refractivity contribution in [2.45, 2.75) is 24.9 Å². The van der Waals surface area contributed by atoms with Crippen molar-refractivity contribution < 1.29 is 9.59 Å². The molecule has 0 atom stereocenters. The standard InChI is InChI=1S/C27H27N5O2S/c1-2-21-13-9-10-16-23(21)29-25(33)18-28-26(34)19-35-27-31-30-24(17-20-11-5-3-6-12-20)32(27)22-14-7-4-8-15-22/h3-16H,2,17-19H2,1H3,(H,28,34)(H,29,33). The molecule has 0 aliphatic rings. The number of hydrogen-bond acceptors (Lipinski definition) is 5. The van der Waals surface area contributed by atoms with Crippen LogP contribution in [-0.2, 0) is 22.4 Å². The second kappa shape index (κ2) is 12.0. The van der Waals surface area contributed by atoms with Crippen molar-refractivity contribution in [1.29, 1.82) is 0 Å². The first-order valence-corrected chi connectivity index (χ1v) is 12.4. The third-order valence-corrected chi connectivity index (χ3v) is 6.30. The molecule has 0 aliphatic carbocycles. The molecule has 0 radical (unpaired) electrons. The number of nitrogens with one attached hydrogen (secondary N) is 2. The van der Waals surface area contributed by atoms with Gasteiger partial charge >= 0.3 is 0 Å². The van der Waals surface area contributed by atoms with Crippen molar-refractivity contribution >= 4 is 29.3 Å². The molecule has 3 aromatic carbocycles. The number of carbonyl (C=O) groups excluding carboxylic acids is 2. The Balaban J connectivity index is 1.38. The molecule has 4 aromatic rings. The summed E-state index contributed by atoms with van der Waals surface area (Å²) in [6.45, 7) is 1.94. The van der Waals surface area contributed by atoms with Crippen LogP contribution in [0.3, 0.4) is 0 Å². The number of aromatic nitrogens is 3. The molecule has 1 aromatic heterocycles. The predicted molar refractivity (Wildman–Crippen MR) is 139 cm³/mol. The van der Waals surface area contributed by atoms with E-state index in [-0.39, 0.29) is 24.1 Å². The summed E-state index contributed by atoms with van der Waals surface area (Å²) in [5.41, 5.74) is 3.88. The van der Waals surface area contributed by atoms with Crippen molar-refractivity contribution in [3.63, 3.8) is 0 Å². The molecule has 0 spiro atoms. The van der Waals surface area contributed by atoms with Gasteiger partial charge in [-0.1, -0.05) is 85.4 Å². The Labute approximate surface area is 209 Å². The second-order valence-electron chi connectivity index (χ2n) is 7.86. The predicted octanol–water partition coefficient (Wildman–Crippen LogP) is 4.27. The van der Waals surface area contributed by atoms with E-state index >= 15 is 0 Å². The van der Waals surface area contributed by atoms with Gasteiger partial charge in [0.1, 0.15) is 5.82 Å². The van der Waals surface area contributed by atoms with E-state index in [2.05, 4.69) is 20.8 Å². The number of thioether (sulfide) groups is 1. The lowest BCUT2D eigenvalue weighted by atomic mass is 10.1. The number of nitrogens with zero attached hydrogens (tertiary/aromatic N) is 3. The molecule has 0 unspecified atom stereocenters. The fourth-order valence-electron chi connectivity index (χ4n) is 3.63. The van der Waals surface area contributed by atoms with E-state index in [4.69, 9.17) is 0 Å². The number of anilines is 1. The highest BCUT2D eigenvalue weighted by Crippen LogP contribution is 2.23. The minimum absolute atomic E-state index is 0.0952. The molecule has 2 amide bonds. The zero-order valence-electron chi connectivity index (χ0n) is 19.5. The summed E-state index contributed by atoms with van der Waals surface area (Å²) in [4.78, 5) is 24.8. The van der Waals surface area contributed by atoms with E-state index in [1.54, 1.807) is 0 Å². The van der Waals surface area contributed by atoms with Gasteiger partial charge < -0.3 is 10.6 Å². The summed E-state index contributed by atoms with van der Waals surface area (Å²) in [7, 11) is 0. The Morgan fingerprint density at radius 1 is 0.857 bits per heavy atom. The van der Waals surface area contributed by atoms with Gasteiger partial charge in [-0.15, -0.1) is 10.2 Å². The maximum absolute atomic E-state index is 12.5. The minimum Gasteiger partial charge on any atom is -0.346 e. The summed E-state index contributed by atoms with van der Waals surface area (Å²) in [5, 5.41) is 14.9. The van der Waals surface area contributed by atoms with Gasteiger partial charge in [-0.05, 0) is 35.7 Å². The van der Waals surface area contributed by atoms with Crippen LogP contribution in [0.15, 0.2) is 90.1 Å². The van der Waals surface area contributed by atoms with E-state index in [1.807, 2.05) is 96.4 Å². The van der Waals surface area contributed by atoms with Crippen molar-refractivity contribution in [3.05, 3.63) is 102 Å². The Kier molecular flexibility index (Phi) is 8.30. The maximum Gasteiger partial charge on any atom is 0.243 e. The lowest BCUT2D eigenvalue weighted by molar-refractivity contribution is -0.122. The van der Waals surface area contributed by atoms with Crippen LogP contribution in [0.25, 0.3) is 5.69 Å². The van der Waals surface area contributed by atoms with Crippen molar-refractivity contribution in [2.24, 2.45) is 0 Å². The van der Waals surface area contributed by atoms with E-state index < -0.39 is 0 Å². The van der Waals surface area contributed by atoms with Gasteiger partial charge in [-0.25, -0.2) is 0 Å². The number of hydrogen-bond donors (Lipinski definition) is 2. The molecular formula is C27H27N5O2S. The van der Waals surface area contributed by atoms with Gasteiger partial charge in [-0.2, -0.15) is 0 Å². The summed E-state index contributed by atoms with van der Waals surface area (Å²) >= 11 is 1.29. The molecule has 1 heterocycles. The van der Waals surface area contributed by atoms with Gasteiger partial charge in [0, 0.05) is 17.8 Å². The van der Waals surface area contributed by atoms with Crippen LogP contribution in [0, 0.1) is 0 Å². The molecule has 0 fully saturated rings. The molecule has 2 N–H and O–H groups in total. The van der Waals surface area contributed by atoms with Gasteiger partial charge in [-0.3, -0.25) is 14.2 Å². The molecule has 7 nitrogen and oxygen atoms in total. The van der Waals surface area contributed by atoms with Crippen LogP contribution in [0.2, 0.25) is 0 Å². The maximum atomic E-state index is 12.5. The van der Waals surface area contributed by atoms with Crippen LogP contribution in [-0.4, -0.2) is 38.9 Å². The fourth-order valence-corrected chi connectivity index (χ4v) is 4.43. The third-order valence-electron chi connectivity index (χ3n) is 5.37. The molecule has 0 bridgehead atoms. The normalized spacial score (nSPS) is 10.7. The van der Waals surface area contributed by atoms with Gasteiger partial charge in [0.05, 0.1) is 12.3 Å². The third kappa shape index (κ3) is 6.58. The molecule has 0 aliphatic heterocycles. The van der Waals surface area contributed by atoms with E-state index in [0.29, 0.717) is 11.6 Å². The van der Waals surface area contributed by atoms with Crippen molar-refractivity contribution in [3.8, 4) is 5.69 Å². The Hall–Kier alpha value is -3.91. The quantitative estimate of drug-likeness (QED) is 0.328. The number of carbonyl (C=O) groups is 2. The lowest BCUT2D eigenvalue weighted by Gasteiger charge is -2.11. The number of amides is 2. The Bertz CT molecular complexity index is 1280. The summed E-state index contributed by atoms with van der Waals surface area (Å²) < 4.78 is 1.97. The summed E-state index contributed by atoms with van der Waals surface area (Å²) in [6, 6.07) is 27.6. The van der Waals surface area contributed by atoms with Gasteiger partial charge in [0.25, 0.3) is 0 Å². The average Bonchev–Trinajstić information content (AvgIpc) is 3.29. The van der Waals surface area contributed by atoms with Crippen LogP contribution in [0.5, 0.6) is 0 Å². The Morgan fingerprint density at radius 3 is 2.29 bits per heavy atom. The second-order valence-corrected chi connectivity index (χ2v) is 8.80. The van der Waals surface area contributed by atoms with E-state index in [0.717, 1.165) is 34.7 Å². The Morgan fingerprint density at radius 2 is 1.54 bits per heavy atom. The summed E-state index contributed by atoms with van der Waals surface area (Å²) in [5.74, 6) is 0.400. The van der Waals surface area contributed by atoms with Gasteiger partial charge in [0.15, 0.2) is 5.16 Å². The lowest BCUT2D eigenvalue weighted by Crippen LogP contribution is -2.34. The SMILES string of the molecule is CCc1ccccc1NC(=O)CNC(=O)CSc1nnc(Cc2ccccc2)n1-c1ccccc1. The number of para-hydroxylation sites is 2. The summed E-state index contributed by atoms with van der Waals surface area (Å²) in [6.07, 6.45) is 1.43. The largest absolute Gasteiger partial charge is 0.346 e. The highest BCUT2D eigenvalue weighted by Gasteiger charge is 2.16. The number of rotatable bonds is 10. The van der Waals surface area contributed by atoms with E-state index in [1.165, 1.54) is 11.8 Å². The molecule has 8 heteroatoms. The van der Waals surface area contributed by atoms with Gasteiger partial charge in [0.2, 0.25) is 11.8 Å². The molecule has 0 saturated heterocycles. The smallest absolute Gasteiger partial charge is 0.243 e. The van der Waals surface area contributed by atoms with Crippen LogP contribution in [0.1, 0.15) is 23.9 Å². The zero-order chi connectivity index (χ0) is 24.5. The first-order valence-electron chi connectivity index (χ1n) is 11.4. The topological polar surface area (TPSA) is 88.9 Å². The van der Waals surface area contributed by atoms with Crippen LogP contribution in [0.4, 0.5) is 5.69 Å². The molecule has 178 valence electrons. The minimum atomic E-state index is -0.262. The highest BCUT2D eigenvalue weighted by atomic mass is 32.2. The number of aryl methyl sites for hydroxylation is 1.